The van der Waals surface area contributed by atoms with Crippen molar-refractivity contribution in [3.63, 3.8) is 0 Å². The summed E-state index contributed by atoms with van der Waals surface area (Å²) in [6, 6.07) is 0.371. The summed E-state index contributed by atoms with van der Waals surface area (Å²) in [4.78, 5) is 25.3. The van der Waals surface area contributed by atoms with Crippen molar-refractivity contribution in [3.8, 4) is 0 Å². The third kappa shape index (κ3) is 6.25. The largest absolute Gasteiger partial charge is 0.354 e. The van der Waals surface area contributed by atoms with Gasteiger partial charge in [0, 0.05) is 38.0 Å². The van der Waals surface area contributed by atoms with Crippen LogP contribution in [0.4, 0.5) is 0 Å². The van der Waals surface area contributed by atoms with Crippen LogP contribution in [0.5, 0.6) is 0 Å². The van der Waals surface area contributed by atoms with Gasteiger partial charge in [0.1, 0.15) is 0 Å². The third-order valence-corrected chi connectivity index (χ3v) is 3.21. The molecular weight excluding hydrogens is 266 g/mol. The molecule has 1 fully saturated rings. The Morgan fingerprint density at radius 3 is 2.63 bits per heavy atom. The van der Waals surface area contributed by atoms with Crippen LogP contribution in [0, 0.1) is 0 Å². The first kappa shape index (κ1) is 18.2. The van der Waals surface area contributed by atoms with Gasteiger partial charge in [0.05, 0.1) is 0 Å². The van der Waals surface area contributed by atoms with Gasteiger partial charge in [-0.1, -0.05) is 0 Å². The van der Waals surface area contributed by atoms with Crippen LogP contribution in [0.1, 0.15) is 46.0 Å². The van der Waals surface area contributed by atoms with Crippen LogP contribution in [0.15, 0.2) is 0 Å². The maximum absolute atomic E-state index is 12.0. The van der Waals surface area contributed by atoms with Gasteiger partial charge in [-0.3, -0.25) is 9.59 Å². The molecule has 1 aliphatic rings. The Balaban J connectivity index is 0.00000324. The minimum absolute atomic E-state index is 0. The molecular formula is C13H26ClN3O2. The van der Waals surface area contributed by atoms with Crippen LogP contribution in [-0.4, -0.2) is 41.9 Å². The normalized spacial score (nSPS) is 18.3. The SMILES string of the molecule is CC(C)NC(=O)CCCC(=O)N1CCCC1CN.Cl. The number of hydrogen-bond acceptors (Lipinski definition) is 3. The lowest BCUT2D eigenvalue weighted by Crippen LogP contribution is -2.39. The van der Waals surface area contributed by atoms with Crippen LogP contribution >= 0.6 is 12.4 Å². The molecule has 1 unspecified atom stereocenters. The Morgan fingerprint density at radius 1 is 1.37 bits per heavy atom. The van der Waals surface area contributed by atoms with E-state index in [4.69, 9.17) is 5.73 Å². The molecule has 0 aromatic rings. The summed E-state index contributed by atoms with van der Waals surface area (Å²) >= 11 is 0. The van der Waals surface area contributed by atoms with Gasteiger partial charge in [-0.25, -0.2) is 0 Å². The number of nitrogens with one attached hydrogen (secondary N) is 1. The predicted molar refractivity (Wildman–Crippen MR) is 78.2 cm³/mol. The van der Waals surface area contributed by atoms with Crippen molar-refractivity contribution in [1.29, 1.82) is 0 Å². The van der Waals surface area contributed by atoms with Gasteiger partial charge in [0.15, 0.2) is 0 Å². The van der Waals surface area contributed by atoms with E-state index in [9.17, 15) is 9.59 Å². The van der Waals surface area contributed by atoms with E-state index in [2.05, 4.69) is 5.32 Å². The number of hydrogen-bond donors (Lipinski definition) is 2. The fraction of sp³-hybridized carbons (Fsp3) is 0.846. The minimum Gasteiger partial charge on any atom is -0.354 e. The summed E-state index contributed by atoms with van der Waals surface area (Å²) in [6.45, 7) is 5.22. The van der Waals surface area contributed by atoms with Gasteiger partial charge >= 0.3 is 0 Å². The molecule has 2 amide bonds. The standard InChI is InChI=1S/C13H25N3O2.ClH/c1-10(2)15-12(17)6-3-7-13(18)16-8-4-5-11(16)9-14;/h10-11H,3-9,14H2,1-2H3,(H,15,17);1H. The lowest BCUT2D eigenvalue weighted by atomic mass is 10.2. The molecule has 6 heteroatoms. The van der Waals surface area contributed by atoms with Gasteiger partial charge in [0.25, 0.3) is 0 Å². The molecule has 1 saturated heterocycles. The van der Waals surface area contributed by atoms with E-state index in [0.717, 1.165) is 19.4 Å². The molecule has 0 saturated carbocycles. The molecule has 0 aliphatic carbocycles. The quantitative estimate of drug-likeness (QED) is 0.768. The zero-order chi connectivity index (χ0) is 13.5. The second kappa shape index (κ2) is 9.15. The molecule has 1 aliphatic heterocycles. The highest BCUT2D eigenvalue weighted by Crippen LogP contribution is 2.17. The van der Waals surface area contributed by atoms with Crippen molar-refractivity contribution >= 4 is 24.2 Å². The topological polar surface area (TPSA) is 75.4 Å². The zero-order valence-electron chi connectivity index (χ0n) is 11.9. The Bertz CT molecular complexity index is 298. The van der Waals surface area contributed by atoms with Crippen molar-refractivity contribution in [2.45, 2.75) is 58.0 Å². The molecule has 1 rings (SSSR count). The van der Waals surface area contributed by atoms with Crippen molar-refractivity contribution in [2.24, 2.45) is 5.73 Å². The molecule has 0 radical (unpaired) electrons. The van der Waals surface area contributed by atoms with Gasteiger partial charge in [-0.15, -0.1) is 12.4 Å². The van der Waals surface area contributed by atoms with E-state index in [0.29, 0.717) is 25.8 Å². The lowest BCUT2D eigenvalue weighted by molar-refractivity contribution is -0.132. The van der Waals surface area contributed by atoms with E-state index in [1.807, 2.05) is 18.7 Å². The number of halogens is 1. The molecule has 112 valence electrons. The second-order valence-corrected chi connectivity index (χ2v) is 5.19. The summed E-state index contributed by atoms with van der Waals surface area (Å²) in [5.41, 5.74) is 5.64. The van der Waals surface area contributed by atoms with E-state index in [1.54, 1.807) is 0 Å². The zero-order valence-corrected chi connectivity index (χ0v) is 12.7. The molecule has 0 spiro atoms. The number of nitrogens with two attached hydrogens (primary N) is 1. The Kier molecular flexibility index (Phi) is 8.76. The number of rotatable bonds is 6. The second-order valence-electron chi connectivity index (χ2n) is 5.19. The number of carbonyl (C=O) groups is 2. The fourth-order valence-electron chi connectivity index (χ4n) is 2.35. The smallest absolute Gasteiger partial charge is 0.222 e. The molecule has 1 atom stereocenters. The monoisotopic (exact) mass is 291 g/mol. The number of nitrogens with zero attached hydrogens (tertiary/aromatic N) is 1. The van der Waals surface area contributed by atoms with Gasteiger partial charge in [-0.2, -0.15) is 0 Å². The van der Waals surface area contributed by atoms with Gasteiger partial charge < -0.3 is 16.0 Å². The van der Waals surface area contributed by atoms with Crippen molar-refractivity contribution in [3.05, 3.63) is 0 Å². The minimum atomic E-state index is 0. The van der Waals surface area contributed by atoms with Crippen molar-refractivity contribution in [2.75, 3.05) is 13.1 Å². The summed E-state index contributed by atoms with van der Waals surface area (Å²) in [5.74, 6) is 0.162. The molecule has 5 nitrogen and oxygen atoms in total. The van der Waals surface area contributed by atoms with Crippen molar-refractivity contribution < 1.29 is 9.59 Å². The fourth-order valence-corrected chi connectivity index (χ4v) is 2.35. The molecule has 0 aromatic carbocycles. The molecule has 19 heavy (non-hydrogen) atoms. The predicted octanol–water partition coefficient (Wildman–Crippen LogP) is 1.05. The van der Waals surface area contributed by atoms with Crippen LogP contribution < -0.4 is 11.1 Å². The average Bonchev–Trinajstić information content (AvgIpc) is 2.75. The highest BCUT2D eigenvalue weighted by Gasteiger charge is 2.26. The van der Waals surface area contributed by atoms with Crippen LogP contribution in [0.25, 0.3) is 0 Å². The summed E-state index contributed by atoms with van der Waals surface area (Å²) in [5, 5.41) is 2.82. The Morgan fingerprint density at radius 2 is 2.05 bits per heavy atom. The van der Waals surface area contributed by atoms with Gasteiger partial charge in [0.2, 0.25) is 11.8 Å². The summed E-state index contributed by atoms with van der Waals surface area (Å²) < 4.78 is 0. The summed E-state index contributed by atoms with van der Waals surface area (Å²) in [7, 11) is 0. The molecule has 1 heterocycles. The first-order valence-electron chi connectivity index (χ1n) is 6.83. The van der Waals surface area contributed by atoms with Crippen molar-refractivity contribution in [1.82, 2.24) is 10.2 Å². The highest BCUT2D eigenvalue weighted by molar-refractivity contribution is 5.85. The van der Waals surface area contributed by atoms with Crippen LogP contribution in [-0.2, 0) is 9.59 Å². The van der Waals surface area contributed by atoms with E-state index < -0.39 is 0 Å². The van der Waals surface area contributed by atoms with Crippen LogP contribution in [0.3, 0.4) is 0 Å². The highest BCUT2D eigenvalue weighted by atomic mass is 35.5. The van der Waals surface area contributed by atoms with E-state index in [1.165, 1.54) is 0 Å². The molecule has 0 bridgehead atoms. The number of amides is 2. The Labute approximate surface area is 121 Å². The number of likely N-dealkylation sites (tertiary alicyclic amines) is 1. The first-order valence-corrected chi connectivity index (χ1v) is 6.83. The average molecular weight is 292 g/mol. The number of carbonyl (C=O) groups excluding carboxylic acids is 2. The van der Waals surface area contributed by atoms with E-state index >= 15 is 0 Å². The molecule has 0 aromatic heterocycles. The first-order chi connectivity index (χ1) is 8.54. The van der Waals surface area contributed by atoms with Crippen LogP contribution in [0.2, 0.25) is 0 Å². The third-order valence-electron chi connectivity index (χ3n) is 3.21. The van der Waals surface area contributed by atoms with E-state index in [-0.39, 0.29) is 36.3 Å². The Hall–Kier alpha value is -0.810. The lowest BCUT2D eigenvalue weighted by Gasteiger charge is -2.23. The maximum Gasteiger partial charge on any atom is 0.222 e. The maximum atomic E-state index is 12.0. The summed E-state index contributed by atoms with van der Waals surface area (Å²) in [6.07, 6.45) is 3.54. The molecule has 3 N–H and O–H groups in total. The van der Waals surface area contributed by atoms with Gasteiger partial charge in [-0.05, 0) is 33.1 Å².